The van der Waals surface area contributed by atoms with E-state index in [4.69, 9.17) is 0 Å². The fourth-order valence-corrected chi connectivity index (χ4v) is 2.15. The molecule has 90 valence electrons. The molecular formula is C13H15NO3. The lowest BCUT2D eigenvalue weighted by atomic mass is 9.99. The Morgan fingerprint density at radius 1 is 1.41 bits per heavy atom. The molecule has 2 rings (SSSR count). The first kappa shape index (κ1) is 11.6. The standard InChI is InChI=1S/C13H15NO3/c1-13(12(16)17)8-7-11(15)14(13)9-10-5-3-2-4-6-10/h2-6H,7-9H2,1H3,(H,16,17). The van der Waals surface area contributed by atoms with Gasteiger partial charge in [0.25, 0.3) is 0 Å². The molecule has 1 aromatic carbocycles. The highest BCUT2D eigenvalue weighted by molar-refractivity contribution is 5.90. The van der Waals surface area contributed by atoms with Gasteiger partial charge in [0.2, 0.25) is 5.91 Å². The van der Waals surface area contributed by atoms with Gasteiger partial charge in [-0.1, -0.05) is 30.3 Å². The van der Waals surface area contributed by atoms with Gasteiger partial charge in [-0.05, 0) is 18.9 Å². The van der Waals surface area contributed by atoms with Crippen molar-refractivity contribution < 1.29 is 14.7 Å². The first-order valence-corrected chi connectivity index (χ1v) is 5.62. The minimum Gasteiger partial charge on any atom is -0.480 e. The molecule has 1 unspecified atom stereocenters. The van der Waals surface area contributed by atoms with E-state index in [0.29, 0.717) is 19.4 Å². The summed E-state index contributed by atoms with van der Waals surface area (Å²) in [5, 5.41) is 9.24. The molecule has 4 heteroatoms. The molecule has 4 nitrogen and oxygen atoms in total. The van der Waals surface area contributed by atoms with Crippen LogP contribution in [-0.2, 0) is 16.1 Å². The Hall–Kier alpha value is -1.84. The third kappa shape index (κ3) is 2.02. The van der Waals surface area contributed by atoms with E-state index in [1.165, 1.54) is 4.90 Å². The third-order valence-electron chi connectivity index (χ3n) is 3.37. The Bertz CT molecular complexity index is 443. The summed E-state index contributed by atoms with van der Waals surface area (Å²) in [7, 11) is 0. The van der Waals surface area contributed by atoms with Gasteiger partial charge in [-0.2, -0.15) is 0 Å². The van der Waals surface area contributed by atoms with E-state index in [2.05, 4.69) is 0 Å². The van der Waals surface area contributed by atoms with Crippen LogP contribution in [0.5, 0.6) is 0 Å². The molecule has 1 aliphatic rings. The summed E-state index contributed by atoms with van der Waals surface area (Å²) < 4.78 is 0. The van der Waals surface area contributed by atoms with E-state index in [1.54, 1.807) is 6.92 Å². The summed E-state index contributed by atoms with van der Waals surface area (Å²) in [5.41, 5.74) is -0.109. The number of hydrogen-bond donors (Lipinski definition) is 1. The van der Waals surface area contributed by atoms with Crippen molar-refractivity contribution in [3.8, 4) is 0 Å². The summed E-state index contributed by atoms with van der Waals surface area (Å²) in [6, 6.07) is 9.45. The second-order valence-electron chi connectivity index (χ2n) is 4.54. The molecule has 0 saturated carbocycles. The maximum absolute atomic E-state index is 11.8. The molecule has 0 spiro atoms. The van der Waals surface area contributed by atoms with Crippen LogP contribution in [0, 0.1) is 0 Å². The predicted molar refractivity (Wildman–Crippen MR) is 62.3 cm³/mol. The van der Waals surface area contributed by atoms with Gasteiger partial charge in [0.15, 0.2) is 0 Å². The number of hydrogen-bond acceptors (Lipinski definition) is 2. The molecule has 17 heavy (non-hydrogen) atoms. The third-order valence-corrected chi connectivity index (χ3v) is 3.37. The molecule has 1 heterocycles. The molecular weight excluding hydrogens is 218 g/mol. The van der Waals surface area contributed by atoms with Gasteiger partial charge in [0.1, 0.15) is 5.54 Å². The van der Waals surface area contributed by atoms with Gasteiger partial charge in [-0.15, -0.1) is 0 Å². The topological polar surface area (TPSA) is 57.6 Å². The largest absolute Gasteiger partial charge is 0.480 e. The van der Waals surface area contributed by atoms with Crippen LogP contribution in [0.3, 0.4) is 0 Å². The monoisotopic (exact) mass is 233 g/mol. The molecule has 1 fully saturated rings. The van der Waals surface area contributed by atoms with Crippen molar-refractivity contribution in [1.29, 1.82) is 0 Å². The molecule has 1 atom stereocenters. The van der Waals surface area contributed by atoms with Crippen LogP contribution in [0.1, 0.15) is 25.3 Å². The smallest absolute Gasteiger partial charge is 0.329 e. The van der Waals surface area contributed by atoms with E-state index in [0.717, 1.165) is 5.56 Å². The van der Waals surface area contributed by atoms with E-state index >= 15 is 0 Å². The molecule has 1 amide bonds. The normalized spacial score (nSPS) is 24.1. The van der Waals surface area contributed by atoms with Crippen LogP contribution in [0.2, 0.25) is 0 Å². The van der Waals surface area contributed by atoms with Crippen LogP contribution >= 0.6 is 0 Å². The summed E-state index contributed by atoms with van der Waals surface area (Å²) in [6.45, 7) is 1.98. The second kappa shape index (κ2) is 4.20. The SMILES string of the molecule is CC1(C(=O)O)CCC(=O)N1Cc1ccccc1. The average Bonchev–Trinajstić information content (AvgIpc) is 2.60. The maximum Gasteiger partial charge on any atom is 0.329 e. The highest BCUT2D eigenvalue weighted by Crippen LogP contribution is 2.31. The minimum atomic E-state index is -1.06. The summed E-state index contributed by atoms with van der Waals surface area (Å²) in [4.78, 5) is 24.5. The predicted octanol–water partition coefficient (Wildman–Crippen LogP) is 1.65. The number of nitrogens with zero attached hydrogens (tertiary/aromatic N) is 1. The number of carboxylic acid groups (broad SMARTS) is 1. The van der Waals surface area contributed by atoms with Crippen LogP contribution in [0.15, 0.2) is 30.3 Å². The lowest BCUT2D eigenvalue weighted by molar-refractivity contribution is -0.153. The Balaban J connectivity index is 2.24. The lowest BCUT2D eigenvalue weighted by Gasteiger charge is -2.31. The van der Waals surface area contributed by atoms with E-state index in [9.17, 15) is 14.7 Å². The molecule has 1 aromatic rings. The average molecular weight is 233 g/mol. The first-order chi connectivity index (χ1) is 8.04. The molecule has 1 N–H and O–H groups in total. The molecule has 0 bridgehead atoms. The van der Waals surface area contributed by atoms with Crippen LogP contribution in [-0.4, -0.2) is 27.4 Å². The van der Waals surface area contributed by atoms with Gasteiger partial charge in [0, 0.05) is 13.0 Å². The number of amides is 1. The van der Waals surface area contributed by atoms with Gasteiger partial charge in [0.05, 0.1) is 0 Å². The summed E-state index contributed by atoms with van der Waals surface area (Å²) in [6.07, 6.45) is 0.698. The number of carbonyl (C=O) groups is 2. The van der Waals surface area contributed by atoms with Crippen LogP contribution < -0.4 is 0 Å². The first-order valence-electron chi connectivity index (χ1n) is 5.62. The number of carboxylic acids is 1. The number of carbonyl (C=O) groups excluding carboxylic acids is 1. The number of likely N-dealkylation sites (tertiary alicyclic amines) is 1. The van der Waals surface area contributed by atoms with Crippen LogP contribution in [0.25, 0.3) is 0 Å². The fourth-order valence-electron chi connectivity index (χ4n) is 2.15. The van der Waals surface area contributed by atoms with Gasteiger partial charge >= 0.3 is 5.97 Å². The highest BCUT2D eigenvalue weighted by Gasteiger charge is 2.47. The number of aliphatic carboxylic acids is 1. The van der Waals surface area contributed by atoms with Crippen molar-refractivity contribution >= 4 is 11.9 Å². The number of benzene rings is 1. The Morgan fingerprint density at radius 2 is 2.06 bits per heavy atom. The van der Waals surface area contributed by atoms with Crippen molar-refractivity contribution in [3.05, 3.63) is 35.9 Å². The second-order valence-corrected chi connectivity index (χ2v) is 4.54. The fraction of sp³-hybridized carbons (Fsp3) is 0.385. The van der Waals surface area contributed by atoms with Crippen molar-refractivity contribution in [2.45, 2.75) is 31.8 Å². The molecule has 0 radical (unpaired) electrons. The quantitative estimate of drug-likeness (QED) is 0.863. The summed E-state index contributed by atoms with van der Waals surface area (Å²) in [5.74, 6) is -1.02. The van der Waals surface area contributed by atoms with E-state index in [-0.39, 0.29) is 5.91 Å². The highest BCUT2D eigenvalue weighted by atomic mass is 16.4. The van der Waals surface area contributed by atoms with Gasteiger partial charge in [-0.3, -0.25) is 4.79 Å². The zero-order valence-corrected chi connectivity index (χ0v) is 9.72. The van der Waals surface area contributed by atoms with Gasteiger partial charge in [-0.25, -0.2) is 4.79 Å². The molecule has 1 aliphatic heterocycles. The zero-order chi connectivity index (χ0) is 12.5. The molecule has 1 saturated heterocycles. The lowest BCUT2D eigenvalue weighted by Crippen LogP contribution is -2.48. The van der Waals surface area contributed by atoms with Gasteiger partial charge < -0.3 is 10.0 Å². The molecule has 0 aromatic heterocycles. The Labute approximate surface area is 99.9 Å². The molecule has 0 aliphatic carbocycles. The Kier molecular flexibility index (Phi) is 2.88. The van der Waals surface area contributed by atoms with Crippen molar-refractivity contribution in [2.75, 3.05) is 0 Å². The summed E-state index contributed by atoms with van der Waals surface area (Å²) >= 11 is 0. The zero-order valence-electron chi connectivity index (χ0n) is 9.72. The van der Waals surface area contributed by atoms with Crippen molar-refractivity contribution in [3.63, 3.8) is 0 Å². The Morgan fingerprint density at radius 3 is 2.65 bits per heavy atom. The van der Waals surface area contributed by atoms with E-state index < -0.39 is 11.5 Å². The number of rotatable bonds is 3. The maximum atomic E-state index is 11.8. The van der Waals surface area contributed by atoms with Crippen LogP contribution in [0.4, 0.5) is 0 Å². The minimum absolute atomic E-state index is 0.0845. The van der Waals surface area contributed by atoms with Crippen molar-refractivity contribution in [1.82, 2.24) is 4.90 Å². The van der Waals surface area contributed by atoms with E-state index in [1.807, 2.05) is 30.3 Å². The van der Waals surface area contributed by atoms with Crippen molar-refractivity contribution in [2.24, 2.45) is 0 Å².